The summed E-state index contributed by atoms with van der Waals surface area (Å²) >= 11 is 0. The fraction of sp³-hybridized carbons (Fsp3) is 0.351. The highest BCUT2D eigenvalue weighted by Crippen LogP contribution is 2.33. The largest absolute Gasteiger partial charge is 0.494 e. The molecular weight excluding hydrogens is 578 g/mol. The smallest absolute Gasteiger partial charge is 0.330 e. The third-order valence-electron chi connectivity index (χ3n) is 6.74. The Hall–Kier alpha value is -4.30. The first-order valence-electron chi connectivity index (χ1n) is 15.2. The van der Waals surface area contributed by atoms with Crippen molar-refractivity contribution >= 4 is 12.3 Å². The molecule has 0 aliphatic heterocycles. The van der Waals surface area contributed by atoms with Crippen molar-refractivity contribution in [1.82, 2.24) is 0 Å². The molecule has 6 nitrogen and oxygen atoms in total. The summed E-state index contributed by atoms with van der Waals surface area (Å²) in [7, 11) is 1.71. The van der Waals surface area contributed by atoms with Gasteiger partial charge >= 0.3 is 5.97 Å². The second kappa shape index (κ2) is 22.2. The van der Waals surface area contributed by atoms with Gasteiger partial charge in [0.2, 0.25) is 0 Å². The molecule has 0 atom stereocenters. The predicted molar refractivity (Wildman–Crippen MR) is 174 cm³/mol. The van der Waals surface area contributed by atoms with Crippen LogP contribution in [0.2, 0.25) is 0 Å². The summed E-state index contributed by atoms with van der Waals surface area (Å²) in [4.78, 5) is 20.0. The van der Waals surface area contributed by atoms with Gasteiger partial charge in [0.1, 0.15) is 17.8 Å². The van der Waals surface area contributed by atoms with Crippen LogP contribution in [0.4, 0.5) is 8.78 Å². The van der Waals surface area contributed by atoms with E-state index in [0.29, 0.717) is 48.7 Å². The fourth-order valence-electron chi connectivity index (χ4n) is 4.33. The Balaban J connectivity index is 0.00000166. The second-order valence-electron chi connectivity index (χ2n) is 10.1. The van der Waals surface area contributed by atoms with Crippen LogP contribution in [0.25, 0.3) is 22.3 Å². The molecule has 242 valence electrons. The molecule has 0 aliphatic rings. The van der Waals surface area contributed by atoms with E-state index < -0.39 is 17.6 Å². The summed E-state index contributed by atoms with van der Waals surface area (Å²) in [6.45, 7) is 8.80. The van der Waals surface area contributed by atoms with E-state index in [1.807, 2.05) is 0 Å². The Morgan fingerprint density at radius 1 is 0.644 bits per heavy atom. The number of methoxy groups -OCH3 is 1. The van der Waals surface area contributed by atoms with Crippen LogP contribution < -0.4 is 9.47 Å². The molecule has 0 spiro atoms. The standard InChI is InChI=1S/C34H40F2O5.C3H4O/c1-3-32(37)41-25-11-7-6-10-24-40-29-18-14-27(15-19-29)31-21-20-30(33(35)34(31)36)26-12-16-28(17-13-26)39-23-9-5-4-8-22-38-2;1-2-3-4/h3,12-21H,1,4-11,22-25H2,2H3;2-3H,1H2. The zero-order valence-electron chi connectivity index (χ0n) is 26.1. The lowest BCUT2D eigenvalue weighted by Gasteiger charge is -2.11. The number of hydrogen-bond acceptors (Lipinski definition) is 6. The van der Waals surface area contributed by atoms with Crippen LogP contribution in [0.1, 0.15) is 51.4 Å². The van der Waals surface area contributed by atoms with Crippen molar-refractivity contribution in [3.63, 3.8) is 0 Å². The van der Waals surface area contributed by atoms with Crippen molar-refractivity contribution in [3.8, 4) is 33.8 Å². The number of hydrogen-bond donors (Lipinski definition) is 0. The van der Waals surface area contributed by atoms with Crippen LogP contribution in [0, 0.1) is 11.6 Å². The third kappa shape index (κ3) is 13.9. The van der Waals surface area contributed by atoms with Crippen molar-refractivity contribution in [2.75, 3.05) is 33.5 Å². The first-order chi connectivity index (χ1) is 21.9. The molecule has 8 heteroatoms. The first kappa shape index (κ1) is 36.9. The summed E-state index contributed by atoms with van der Waals surface area (Å²) in [6.07, 6.45) is 10.7. The van der Waals surface area contributed by atoms with Crippen LogP contribution >= 0.6 is 0 Å². The van der Waals surface area contributed by atoms with Gasteiger partial charge in [-0.3, -0.25) is 4.79 Å². The van der Waals surface area contributed by atoms with E-state index in [9.17, 15) is 4.79 Å². The molecule has 0 saturated carbocycles. The number of benzene rings is 3. The van der Waals surface area contributed by atoms with Gasteiger partial charge in [-0.2, -0.15) is 0 Å². The van der Waals surface area contributed by atoms with Gasteiger partial charge in [-0.15, -0.1) is 0 Å². The number of allylic oxidation sites excluding steroid dienone is 1. The van der Waals surface area contributed by atoms with Crippen LogP contribution in [-0.4, -0.2) is 45.8 Å². The monoisotopic (exact) mass is 622 g/mol. The van der Waals surface area contributed by atoms with E-state index in [0.717, 1.165) is 64.0 Å². The van der Waals surface area contributed by atoms with Crippen molar-refractivity contribution in [1.29, 1.82) is 0 Å². The van der Waals surface area contributed by atoms with Crippen LogP contribution in [0.15, 0.2) is 86.0 Å². The number of rotatable bonds is 20. The van der Waals surface area contributed by atoms with Gasteiger partial charge in [0.25, 0.3) is 0 Å². The summed E-state index contributed by atoms with van der Waals surface area (Å²) < 4.78 is 51.7. The van der Waals surface area contributed by atoms with E-state index in [1.54, 1.807) is 67.8 Å². The van der Waals surface area contributed by atoms with Gasteiger partial charge in [-0.05, 0) is 86.4 Å². The molecular formula is C37H44F2O6. The van der Waals surface area contributed by atoms with Gasteiger partial charge in [0, 0.05) is 30.9 Å². The maximum absolute atomic E-state index is 15.1. The summed E-state index contributed by atoms with van der Waals surface area (Å²) in [6, 6.07) is 17.2. The van der Waals surface area contributed by atoms with Crippen molar-refractivity contribution < 1.29 is 37.3 Å². The molecule has 0 N–H and O–H groups in total. The summed E-state index contributed by atoms with van der Waals surface area (Å²) in [5.74, 6) is -0.797. The first-order valence-corrected chi connectivity index (χ1v) is 15.2. The highest BCUT2D eigenvalue weighted by Gasteiger charge is 2.16. The normalized spacial score (nSPS) is 10.3. The van der Waals surface area contributed by atoms with Gasteiger partial charge in [-0.25, -0.2) is 13.6 Å². The van der Waals surface area contributed by atoms with E-state index in [4.69, 9.17) is 23.7 Å². The van der Waals surface area contributed by atoms with E-state index in [-0.39, 0.29) is 11.1 Å². The van der Waals surface area contributed by atoms with E-state index in [1.165, 1.54) is 6.08 Å². The number of carbonyl (C=O) groups is 2. The number of unbranched alkanes of at least 4 members (excludes halogenated alkanes) is 6. The summed E-state index contributed by atoms with van der Waals surface area (Å²) in [5.41, 5.74) is 1.55. The lowest BCUT2D eigenvalue weighted by Crippen LogP contribution is -2.02. The average Bonchev–Trinajstić information content (AvgIpc) is 3.07. The Kier molecular flexibility index (Phi) is 18.2. The molecule has 0 fully saturated rings. The SMILES string of the molecule is C=CC(=O)OCCCCCCOc1ccc(-c2ccc(-c3ccc(OCCCCCCOC)cc3)c(F)c2F)cc1.C=CC=O. The van der Waals surface area contributed by atoms with Crippen LogP contribution in [-0.2, 0) is 19.1 Å². The maximum atomic E-state index is 15.1. The second-order valence-corrected chi connectivity index (χ2v) is 10.1. The molecule has 0 aromatic heterocycles. The lowest BCUT2D eigenvalue weighted by atomic mass is 9.98. The van der Waals surface area contributed by atoms with Gasteiger partial charge in [-0.1, -0.05) is 56.0 Å². The van der Waals surface area contributed by atoms with Crippen molar-refractivity contribution in [3.05, 3.63) is 97.6 Å². The minimum Gasteiger partial charge on any atom is -0.494 e. The number of ether oxygens (including phenoxy) is 4. The minimum absolute atomic E-state index is 0.195. The molecule has 0 unspecified atom stereocenters. The highest BCUT2D eigenvalue weighted by atomic mass is 19.2. The zero-order chi connectivity index (χ0) is 32.7. The molecule has 3 aromatic carbocycles. The minimum atomic E-state index is -0.885. The van der Waals surface area contributed by atoms with Crippen molar-refractivity contribution in [2.24, 2.45) is 0 Å². The third-order valence-corrected chi connectivity index (χ3v) is 6.74. The van der Waals surface area contributed by atoms with Gasteiger partial charge < -0.3 is 18.9 Å². The topological polar surface area (TPSA) is 71.1 Å². The fourth-order valence-corrected chi connectivity index (χ4v) is 4.33. The molecule has 0 amide bonds. The number of halogens is 2. The number of carbonyl (C=O) groups excluding carboxylic acids is 2. The molecule has 3 rings (SSSR count). The molecule has 45 heavy (non-hydrogen) atoms. The summed E-state index contributed by atoms with van der Waals surface area (Å²) in [5, 5.41) is 0. The molecule has 3 aromatic rings. The number of aldehydes is 1. The van der Waals surface area contributed by atoms with Gasteiger partial charge in [0.05, 0.1) is 19.8 Å². The Labute approximate surface area is 265 Å². The number of esters is 1. The quantitative estimate of drug-likeness (QED) is 0.0542. The van der Waals surface area contributed by atoms with Crippen LogP contribution in [0.5, 0.6) is 11.5 Å². The molecule has 0 radical (unpaired) electrons. The molecule has 0 bridgehead atoms. The highest BCUT2D eigenvalue weighted by molar-refractivity contribution is 5.81. The Bertz CT molecular complexity index is 1300. The molecule has 0 aliphatic carbocycles. The van der Waals surface area contributed by atoms with E-state index >= 15 is 8.78 Å². The lowest BCUT2D eigenvalue weighted by molar-refractivity contribution is -0.137. The Morgan fingerprint density at radius 2 is 1.04 bits per heavy atom. The van der Waals surface area contributed by atoms with Crippen LogP contribution in [0.3, 0.4) is 0 Å². The van der Waals surface area contributed by atoms with E-state index in [2.05, 4.69) is 13.2 Å². The van der Waals surface area contributed by atoms with Gasteiger partial charge in [0.15, 0.2) is 11.6 Å². The molecule has 0 heterocycles. The average molecular weight is 623 g/mol. The van der Waals surface area contributed by atoms with Crippen molar-refractivity contribution in [2.45, 2.75) is 51.4 Å². The zero-order valence-corrected chi connectivity index (χ0v) is 26.1. The predicted octanol–water partition coefficient (Wildman–Crippen LogP) is 8.92. The maximum Gasteiger partial charge on any atom is 0.330 e. The Morgan fingerprint density at radius 3 is 1.42 bits per heavy atom. The molecule has 0 saturated heterocycles.